The molecule has 0 saturated carbocycles. The Bertz CT molecular complexity index is 851. The Balaban J connectivity index is 1.46. The van der Waals surface area contributed by atoms with Crippen molar-refractivity contribution in [2.45, 2.75) is 13.0 Å². The fraction of sp³-hybridized carbons (Fsp3) is 0.417. The quantitative estimate of drug-likeness (QED) is 0.706. The molecule has 166 valence electrons. The highest BCUT2D eigenvalue weighted by Gasteiger charge is 2.19. The summed E-state index contributed by atoms with van der Waals surface area (Å²) in [6.45, 7) is 5.55. The Kier molecular flexibility index (Phi) is 8.03. The van der Waals surface area contributed by atoms with Gasteiger partial charge < -0.3 is 19.9 Å². The molecular formula is C24H32N4O3. The average molecular weight is 425 g/mol. The number of nitrogens with one attached hydrogen (secondary N) is 1. The van der Waals surface area contributed by atoms with Crippen molar-refractivity contribution >= 4 is 23.2 Å². The lowest BCUT2D eigenvalue weighted by molar-refractivity contribution is -0.133. The van der Waals surface area contributed by atoms with E-state index in [1.165, 1.54) is 0 Å². The number of hydrogen-bond acceptors (Lipinski definition) is 5. The van der Waals surface area contributed by atoms with Crippen LogP contribution in [0.4, 0.5) is 11.4 Å². The van der Waals surface area contributed by atoms with Crippen LogP contribution in [-0.4, -0.2) is 75.1 Å². The maximum absolute atomic E-state index is 12.6. The molecule has 7 heteroatoms. The summed E-state index contributed by atoms with van der Waals surface area (Å²) in [4.78, 5) is 30.8. The molecule has 1 heterocycles. The van der Waals surface area contributed by atoms with Gasteiger partial charge in [-0.1, -0.05) is 30.3 Å². The predicted octanol–water partition coefficient (Wildman–Crippen LogP) is 2.61. The van der Waals surface area contributed by atoms with Crippen LogP contribution in [0, 0.1) is 0 Å². The van der Waals surface area contributed by atoms with E-state index in [1.54, 1.807) is 23.9 Å². The summed E-state index contributed by atoms with van der Waals surface area (Å²) in [5, 5.41) is 2.91. The van der Waals surface area contributed by atoms with Gasteiger partial charge in [-0.05, 0) is 43.8 Å². The third kappa shape index (κ3) is 6.54. The van der Waals surface area contributed by atoms with Crippen molar-refractivity contribution in [3.63, 3.8) is 0 Å². The summed E-state index contributed by atoms with van der Waals surface area (Å²) in [7, 11) is 3.57. The first kappa shape index (κ1) is 22.8. The van der Waals surface area contributed by atoms with E-state index >= 15 is 0 Å². The van der Waals surface area contributed by atoms with Crippen molar-refractivity contribution in [3.05, 3.63) is 60.2 Å². The van der Waals surface area contributed by atoms with E-state index in [9.17, 15) is 9.59 Å². The summed E-state index contributed by atoms with van der Waals surface area (Å²) in [5.74, 6) is -0.172. The van der Waals surface area contributed by atoms with Crippen LogP contribution >= 0.6 is 0 Å². The van der Waals surface area contributed by atoms with E-state index in [2.05, 4.69) is 10.2 Å². The van der Waals surface area contributed by atoms with E-state index in [1.807, 2.05) is 61.5 Å². The van der Waals surface area contributed by atoms with Crippen LogP contribution in [-0.2, 0) is 14.3 Å². The first-order valence-corrected chi connectivity index (χ1v) is 10.7. The number of morpholine rings is 1. The molecule has 1 aliphatic heterocycles. The van der Waals surface area contributed by atoms with Gasteiger partial charge in [0.15, 0.2) is 0 Å². The van der Waals surface area contributed by atoms with E-state index in [0.29, 0.717) is 0 Å². The lowest BCUT2D eigenvalue weighted by atomic mass is 10.1. The number of rotatable bonds is 8. The van der Waals surface area contributed by atoms with Crippen LogP contribution < -0.4 is 10.2 Å². The zero-order valence-corrected chi connectivity index (χ0v) is 18.6. The minimum atomic E-state index is -0.145. The van der Waals surface area contributed by atoms with E-state index in [-0.39, 0.29) is 30.9 Å². The molecule has 1 fully saturated rings. The normalized spacial score (nSPS) is 14.9. The molecule has 0 spiro atoms. The SMILES string of the molecule is CC(c1ccccc1)N(C)C(=O)CN(C)CC(=O)Nc1ccc(N2CCOCC2)cc1. The molecule has 1 saturated heterocycles. The molecule has 1 aliphatic rings. The smallest absolute Gasteiger partial charge is 0.238 e. The maximum atomic E-state index is 12.6. The molecule has 3 rings (SSSR count). The van der Waals surface area contributed by atoms with Gasteiger partial charge in [0, 0.05) is 31.5 Å². The minimum absolute atomic E-state index is 0.0264. The zero-order chi connectivity index (χ0) is 22.2. The number of ether oxygens (including phenoxy) is 1. The van der Waals surface area contributed by atoms with Crippen LogP contribution in [0.15, 0.2) is 54.6 Å². The number of nitrogens with zero attached hydrogens (tertiary/aromatic N) is 3. The monoisotopic (exact) mass is 424 g/mol. The van der Waals surface area contributed by atoms with Gasteiger partial charge in [0.2, 0.25) is 11.8 Å². The topological polar surface area (TPSA) is 65.1 Å². The zero-order valence-electron chi connectivity index (χ0n) is 18.6. The van der Waals surface area contributed by atoms with Crippen LogP contribution in [0.3, 0.4) is 0 Å². The number of carbonyl (C=O) groups excluding carboxylic acids is 2. The van der Waals surface area contributed by atoms with Crippen molar-refractivity contribution in [1.29, 1.82) is 0 Å². The van der Waals surface area contributed by atoms with Crippen molar-refractivity contribution < 1.29 is 14.3 Å². The van der Waals surface area contributed by atoms with Crippen LogP contribution in [0.5, 0.6) is 0 Å². The van der Waals surface area contributed by atoms with Crippen LogP contribution in [0.2, 0.25) is 0 Å². The van der Waals surface area contributed by atoms with E-state index in [4.69, 9.17) is 4.74 Å². The Morgan fingerprint density at radius 3 is 2.29 bits per heavy atom. The molecule has 2 amide bonds. The number of likely N-dealkylation sites (N-methyl/N-ethyl adjacent to an activating group) is 2. The Morgan fingerprint density at radius 1 is 1.00 bits per heavy atom. The van der Waals surface area contributed by atoms with Crippen molar-refractivity contribution in [2.75, 3.05) is 63.7 Å². The van der Waals surface area contributed by atoms with Gasteiger partial charge >= 0.3 is 0 Å². The standard InChI is InChI=1S/C24H32N4O3/c1-19(20-7-5-4-6-8-20)27(3)24(30)18-26(2)17-23(29)25-21-9-11-22(12-10-21)28-13-15-31-16-14-28/h4-12,19H,13-18H2,1-3H3,(H,25,29). The third-order valence-corrected chi connectivity index (χ3v) is 5.60. The lowest BCUT2D eigenvalue weighted by Crippen LogP contribution is -2.40. The summed E-state index contributed by atoms with van der Waals surface area (Å²) < 4.78 is 5.38. The Morgan fingerprint density at radius 2 is 1.65 bits per heavy atom. The molecule has 2 aromatic rings. The first-order chi connectivity index (χ1) is 14.9. The molecule has 0 bridgehead atoms. The number of amides is 2. The second-order valence-electron chi connectivity index (χ2n) is 7.96. The fourth-order valence-corrected chi connectivity index (χ4v) is 3.59. The summed E-state index contributed by atoms with van der Waals surface area (Å²) in [5.41, 5.74) is 2.95. The average Bonchev–Trinajstić information content (AvgIpc) is 2.79. The minimum Gasteiger partial charge on any atom is -0.378 e. The van der Waals surface area contributed by atoms with Gasteiger partial charge in [-0.3, -0.25) is 14.5 Å². The molecule has 7 nitrogen and oxygen atoms in total. The molecule has 2 aromatic carbocycles. The number of anilines is 2. The van der Waals surface area contributed by atoms with Gasteiger partial charge in [0.1, 0.15) is 0 Å². The molecule has 0 aliphatic carbocycles. The number of carbonyl (C=O) groups is 2. The summed E-state index contributed by atoms with van der Waals surface area (Å²) in [6.07, 6.45) is 0. The molecule has 1 N–H and O–H groups in total. The summed E-state index contributed by atoms with van der Waals surface area (Å²) >= 11 is 0. The molecule has 31 heavy (non-hydrogen) atoms. The largest absolute Gasteiger partial charge is 0.378 e. The van der Waals surface area contributed by atoms with Gasteiger partial charge in [-0.25, -0.2) is 0 Å². The van der Waals surface area contributed by atoms with E-state index < -0.39 is 0 Å². The van der Waals surface area contributed by atoms with Crippen LogP contribution in [0.1, 0.15) is 18.5 Å². The summed E-state index contributed by atoms with van der Waals surface area (Å²) in [6, 6.07) is 17.7. The second kappa shape index (κ2) is 10.9. The molecule has 0 radical (unpaired) electrons. The van der Waals surface area contributed by atoms with Gasteiger partial charge in [0.05, 0.1) is 32.3 Å². The molecule has 1 unspecified atom stereocenters. The lowest BCUT2D eigenvalue weighted by Gasteiger charge is -2.29. The highest BCUT2D eigenvalue weighted by atomic mass is 16.5. The highest BCUT2D eigenvalue weighted by molar-refractivity contribution is 5.92. The molecule has 0 aromatic heterocycles. The molecule has 1 atom stereocenters. The predicted molar refractivity (Wildman–Crippen MR) is 123 cm³/mol. The third-order valence-electron chi connectivity index (χ3n) is 5.60. The second-order valence-corrected chi connectivity index (χ2v) is 7.96. The fourth-order valence-electron chi connectivity index (χ4n) is 3.59. The van der Waals surface area contributed by atoms with Gasteiger partial charge in [-0.2, -0.15) is 0 Å². The number of hydrogen-bond donors (Lipinski definition) is 1. The Labute approximate surface area is 184 Å². The number of benzene rings is 2. The Hall–Kier alpha value is -2.90. The van der Waals surface area contributed by atoms with Crippen molar-refractivity contribution in [2.24, 2.45) is 0 Å². The van der Waals surface area contributed by atoms with Crippen molar-refractivity contribution in [1.82, 2.24) is 9.80 Å². The highest BCUT2D eigenvalue weighted by Crippen LogP contribution is 2.20. The van der Waals surface area contributed by atoms with Gasteiger partial charge in [0.25, 0.3) is 0 Å². The van der Waals surface area contributed by atoms with Crippen molar-refractivity contribution in [3.8, 4) is 0 Å². The maximum Gasteiger partial charge on any atom is 0.238 e. The van der Waals surface area contributed by atoms with Crippen LogP contribution in [0.25, 0.3) is 0 Å². The first-order valence-electron chi connectivity index (χ1n) is 10.7. The molecular weight excluding hydrogens is 392 g/mol. The van der Waals surface area contributed by atoms with E-state index in [0.717, 1.165) is 43.2 Å². The van der Waals surface area contributed by atoms with Gasteiger partial charge in [-0.15, -0.1) is 0 Å².